The highest BCUT2D eigenvalue weighted by atomic mass is 19.2. The molecule has 31 heavy (non-hydrogen) atoms. The van der Waals surface area contributed by atoms with Crippen LogP contribution in [-0.4, -0.2) is 76.6 Å². The van der Waals surface area contributed by atoms with Crippen LogP contribution in [0.2, 0.25) is 0 Å². The molecule has 12 heteroatoms. The van der Waals surface area contributed by atoms with Crippen LogP contribution in [0.5, 0.6) is 0 Å². The molecule has 3 fully saturated rings. The number of aliphatic hydroxyl groups is 1. The van der Waals surface area contributed by atoms with Crippen LogP contribution in [0.3, 0.4) is 0 Å². The molecule has 0 amide bonds. The minimum atomic E-state index is -2.73. The summed E-state index contributed by atoms with van der Waals surface area (Å²) in [6.45, 7) is 0.360. The fourth-order valence-electron chi connectivity index (χ4n) is 4.96. The largest absolute Gasteiger partial charge is 0.383 e. The normalized spacial score (nSPS) is 42.3. The maximum atomic E-state index is 14.5. The van der Waals surface area contributed by atoms with E-state index in [-0.39, 0.29) is 19.3 Å². The standard InChI is InChI=1S/C19H29F3N2O7/c20-14-15(21)19(16(22)18(25)17(14)24(28)29)31-11-6-7-12(23(26)27)13(8-11)30-9-10-4-2-1-3-5-10/h10-19,25H,1-9H2. The maximum Gasteiger partial charge on any atom is 0.275 e. The van der Waals surface area contributed by atoms with Crippen molar-refractivity contribution >= 4 is 0 Å². The lowest BCUT2D eigenvalue weighted by Crippen LogP contribution is -2.63. The molecule has 0 aromatic carbocycles. The molecule has 0 spiro atoms. The van der Waals surface area contributed by atoms with E-state index in [0.717, 1.165) is 32.1 Å². The van der Waals surface area contributed by atoms with Crippen molar-refractivity contribution in [1.29, 1.82) is 0 Å². The van der Waals surface area contributed by atoms with E-state index in [0.29, 0.717) is 12.5 Å². The first-order valence-corrected chi connectivity index (χ1v) is 10.8. The van der Waals surface area contributed by atoms with Gasteiger partial charge in [-0.15, -0.1) is 0 Å². The van der Waals surface area contributed by atoms with Gasteiger partial charge in [0.2, 0.25) is 12.2 Å². The molecule has 0 saturated heterocycles. The number of halogens is 3. The van der Waals surface area contributed by atoms with Gasteiger partial charge in [0.1, 0.15) is 12.2 Å². The number of nitrogens with zero attached hydrogens (tertiary/aromatic N) is 2. The summed E-state index contributed by atoms with van der Waals surface area (Å²) in [7, 11) is 0. The molecule has 1 N–H and O–H groups in total. The van der Waals surface area contributed by atoms with E-state index in [1.807, 2.05) is 0 Å². The predicted molar refractivity (Wildman–Crippen MR) is 101 cm³/mol. The fourth-order valence-corrected chi connectivity index (χ4v) is 4.96. The van der Waals surface area contributed by atoms with E-state index < -0.39 is 64.9 Å². The van der Waals surface area contributed by atoms with Crippen molar-refractivity contribution in [2.24, 2.45) is 5.92 Å². The number of ether oxygens (including phenoxy) is 2. The molecule has 3 rings (SSSR count). The molecule has 0 bridgehead atoms. The van der Waals surface area contributed by atoms with Crippen LogP contribution in [0, 0.1) is 26.1 Å². The average Bonchev–Trinajstić information content (AvgIpc) is 2.74. The second kappa shape index (κ2) is 10.4. The van der Waals surface area contributed by atoms with Crippen LogP contribution >= 0.6 is 0 Å². The van der Waals surface area contributed by atoms with Gasteiger partial charge >= 0.3 is 0 Å². The summed E-state index contributed by atoms with van der Waals surface area (Å²) < 4.78 is 54.3. The highest BCUT2D eigenvalue weighted by Gasteiger charge is 2.59. The summed E-state index contributed by atoms with van der Waals surface area (Å²) in [6.07, 6.45) is -8.44. The average molecular weight is 454 g/mol. The third-order valence-electron chi connectivity index (χ3n) is 6.78. The Kier molecular flexibility index (Phi) is 8.08. The molecule has 0 aromatic rings. The Hall–Kier alpha value is -1.53. The van der Waals surface area contributed by atoms with E-state index in [2.05, 4.69) is 0 Å². The highest BCUT2D eigenvalue weighted by molar-refractivity contribution is 5.01. The van der Waals surface area contributed by atoms with Crippen molar-refractivity contribution in [3.8, 4) is 0 Å². The number of rotatable bonds is 7. The first-order chi connectivity index (χ1) is 14.7. The second-order valence-electron chi connectivity index (χ2n) is 8.86. The van der Waals surface area contributed by atoms with E-state index in [4.69, 9.17) is 9.47 Å². The SMILES string of the molecule is O=[N+]([O-])C1CCC(OC2C(F)C(O)C([N+](=O)[O-])C(F)C2F)CC1OCC1CCCCC1. The van der Waals surface area contributed by atoms with Crippen LogP contribution in [0.4, 0.5) is 13.2 Å². The topological polar surface area (TPSA) is 125 Å². The lowest BCUT2D eigenvalue weighted by molar-refractivity contribution is -0.552. The molecule has 9 atom stereocenters. The molecule has 0 aromatic heterocycles. The Morgan fingerprint density at radius 3 is 2.19 bits per heavy atom. The number of hydrogen-bond donors (Lipinski definition) is 1. The van der Waals surface area contributed by atoms with Gasteiger partial charge in [-0.25, -0.2) is 13.2 Å². The molecular weight excluding hydrogens is 425 g/mol. The summed E-state index contributed by atoms with van der Waals surface area (Å²) >= 11 is 0. The molecule has 9 nitrogen and oxygen atoms in total. The van der Waals surface area contributed by atoms with Gasteiger partial charge in [0.15, 0.2) is 18.4 Å². The van der Waals surface area contributed by atoms with E-state index >= 15 is 0 Å². The van der Waals surface area contributed by atoms with E-state index in [1.54, 1.807) is 0 Å². The van der Waals surface area contributed by atoms with Crippen LogP contribution < -0.4 is 0 Å². The molecule has 0 aliphatic heterocycles. The Morgan fingerprint density at radius 1 is 0.903 bits per heavy atom. The molecule has 0 heterocycles. The summed E-state index contributed by atoms with van der Waals surface area (Å²) in [5, 5.41) is 32.1. The molecule has 3 aliphatic rings. The Balaban J connectivity index is 1.62. The van der Waals surface area contributed by atoms with Gasteiger partial charge in [0.05, 0.1) is 12.7 Å². The van der Waals surface area contributed by atoms with Gasteiger partial charge in [-0.1, -0.05) is 19.3 Å². The minimum absolute atomic E-state index is 0.0000188. The zero-order valence-electron chi connectivity index (χ0n) is 17.1. The van der Waals surface area contributed by atoms with Gasteiger partial charge in [0.25, 0.3) is 6.04 Å². The van der Waals surface area contributed by atoms with Crippen molar-refractivity contribution in [2.45, 2.75) is 106 Å². The van der Waals surface area contributed by atoms with Crippen molar-refractivity contribution in [3.63, 3.8) is 0 Å². The van der Waals surface area contributed by atoms with Crippen LogP contribution in [-0.2, 0) is 9.47 Å². The van der Waals surface area contributed by atoms with E-state index in [1.165, 1.54) is 0 Å². The molecule has 178 valence electrons. The van der Waals surface area contributed by atoms with Gasteiger partial charge in [0, 0.05) is 22.7 Å². The van der Waals surface area contributed by atoms with Crippen molar-refractivity contribution < 1.29 is 37.6 Å². The Labute approximate surface area is 177 Å². The van der Waals surface area contributed by atoms with Gasteiger partial charge in [-0.2, -0.15) is 0 Å². The fraction of sp³-hybridized carbons (Fsp3) is 1.00. The molecule has 3 aliphatic carbocycles. The lowest BCUT2D eigenvalue weighted by atomic mass is 9.85. The summed E-state index contributed by atoms with van der Waals surface area (Å²) in [6, 6.07) is -3.39. The lowest BCUT2D eigenvalue weighted by Gasteiger charge is -2.40. The quantitative estimate of drug-likeness (QED) is 0.463. The monoisotopic (exact) mass is 454 g/mol. The number of hydrogen-bond acceptors (Lipinski definition) is 7. The van der Waals surface area contributed by atoms with E-state index in [9.17, 15) is 38.5 Å². The first kappa shape index (κ1) is 24.1. The smallest absolute Gasteiger partial charge is 0.275 e. The maximum absolute atomic E-state index is 14.5. The predicted octanol–water partition coefficient (Wildman–Crippen LogP) is 2.57. The third-order valence-corrected chi connectivity index (χ3v) is 6.78. The molecule has 0 radical (unpaired) electrons. The van der Waals surface area contributed by atoms with Crippen molar-refractivity contribution in [1.82, 2.24) is 0 Å². The van der Waals surface area contributed by atoms with Crippen molar-refractivity contribution in [3.05, 3.63) is 20.2 Å². The summed E-state index contributed by atoms with van der Waals surface area (Å²) in [4.78, 5) is 20.6. The minimum Gasteiger partial charge on any atom is -0.383 e. The van der Waals surface area contributed by atoms with Crippen molar-refractivity contribution in [2.75, 3.05) is 6.61 Å². The summed E-state index contributed by atoms with van der Waals surface area (Å²) in [5.41, 5.74) is 0. The molecule has 3 saturated carbocycles. The van der Waals surface area contributed by atoms with Crippen LogP contribution in [0.15, 0.2) is 0 Å². The van der Waals surface area contributed by atoms with Gasteiger partial charge in [-0.3, -0.25) is 20.2 Å². The first-order valence-electron chi connectivity index (χ1n) is 10.8. The second-order valence-corrected chi connectivity index (χ2v) is 8.86. The van der Waals surface area contributed by atoms with Crippen LogP contribution in [0.25, 0.3) is 0 Å². The zero-order chi connectivity index (χ0) is 22.7. The Morgan fingerprint density at radius 2 is 1.58 bits per heavy atom. The number of nitro groups is 2. The van der Waals surface area contributed by atoms with Gasteiger partial charge in [-0.05, 0) is 25.2 Å². The van der Waals surface area contributed by atoms with Crippen LogP contribution in [0.1, 0.15) is 51.4 Å². The third kappa shape index (κ3) is 5.46. The summed E-state index contributed by atoms with van der Waals surface area (Å²) in [5.74, 6) is 0.313. The van der Waals surface area contributed by atoms with Gasteiger partial charge < -0.3 is 14.6 Å². The Bertz CT molecular complexity index is 624. The number of aliphatic hydroxyl groups excluding tert-OH is 1. The molecular formula is C19H29F3N2O7. The zero-order valence-corrected chi connectivity index (χ0v) is 17.1. The highest BCUT2D eigenvalue weighted by Crippen LogP contribution is 2.35. The number of alkyl halides is 3. The molecule has 9 unspecified atom stereocenters.